The van der Waals surface area contributed by atoms with Crippen LogP contribution in [0.3, 0.4) is 0 Å². The van der Waals surface area contributed by atoms with E-state index in [1.807, 2.05) is 0 Å². The number of nitrogens with zero attached hydrogens (tertiary/aromatic N) is 1. The Hall–Kier alpha value is -2.41. The first-order chi connectivity index (χ1) is 17.2. The Morgan fingerprint density at radius 1 is 0.778 bits per heavy atom. The minimum atomic E-state index is 0.564. The van der Waals surface area contributed by atoms with Gasteiger partial charge in [0.2, 0.25) is 5.69 Å². The summed E-state index contributed by atoms with van der Waals surface area (Å²) in [7, 11) is 2.21. The van der Waals surface area contributed by atoms with Gasteiger partial charge in [-0.25, -0.2) is 4.57 Å². The summed E-state index contributed by atoms with van der Waals surface area (Å²) in [5.74, 6) is 0.717. The maximum absolute atomic E-state index is 2.48. The van der Waals surface area contributed by atoms with Gasteiger partial charge in [-0.15, -0.1) is 0 Å². The average Bonchev–Trinajstić information content (AvgIpc) is 3.23. The Labute approximate surface area is 219 Å². The van der Waals surface area contributed by atoms with E-state index in [0.717, 1.165) is 6.42 Å². The van der Waals surface area contributed by atoms with Gasteiger partial charge in [-0.05, 0) is 134 Å². The molecule has 2 fully saturated rings. The number of benzene rings is 2. The maximum atomic E-state index is 2.48. The van der Waals surface area contributed by atoms with Crippen molar-refractivity contribution in [1.82, 2.24) is 0 Å². The standard InChI is InChI=1S/C35H44N/c1-23-10-11-29-30(32(23)31-20-24(2)25(3)22-36(31)6)21-27-8-7-9-28(33(27)29)26-12-14-35(15-13-26)18-16-34(4,5)17-19-35/h7-11,20,22,26H,12-19,21H2,1-6H3/q+1. The van der Waals surface area contributed by atoms with Crippen molar-refractivity contribution in [3.63, 3.8) is 0 Å². The zero-order valence-electron chi connectivity index (χ0n) is 23.4. The molecule has 0 amide bonds. The van der Waals surface area contributed by atoms with Crippen LogP contribution in [-0.4, -0.2) is 0 Å². The molecule has 36 heavy (non-hydrogen) atoms. The third-order valence-electron chi connectivity index (χ3n) is 10.5. The van der Waals surface area contributed by atoms with Gasteiger partial charge in [-0.2, -0.15) is 0 Å². The number of pyridine rings is 1. The molecule has 3 aliphatic carbocycles. The normalized spacial score (nSPS) is 20.4. The Morgan fingerprint density at radius 3 is 2.22 bits per heavy atom. The second-order valence-corrected chi connectivity index (χ2v) is 13.4. The van der Waals surface area contributed by atoms with Crippen LogP contribution in [0.2, 0.25) is 0 Å². The van der Waals surface area contributed by atoms with Crippen molar-refractivity contribution in [2.45, 2.75) is 98.3 Å². The van der Waals surface area contributed by atoms with E-state index < -0.39 is 0 Å². The molecule has 1 spiro atoms. The Morgan fingerprint density at radius 2 is 1.50 bits per heavy atom. The summed E-state index contributed by atoms with van der Waals surface area (Å²) in [6, 6.07) is 14.4. The fourth-order valence-electron chi connectivity index (χ4n) is 7.80. The molecule has 3 aromatic rings. The SMILES string of the molecule is Cc1cc(-c2c(C)ccc3c2Cc2cccc(C4CCC5(CC4)CCC(C)(C)CC5)c2-3)[n+](C)cc1C. The van der Waals surface area contributed by atoms with Crippen molar-refractivity contribution in [3.8, 4) is 22.4 Å². The van der Waals surface area contributed by atoms with E-state index in [2.05, 4.69) is 88.8 Å². The zero-order chi connectivity index (χ0) is 25.2. The molecular weight excluding hydrogens is 434 g/mol. The largest absolute Gasteiger partial charge is 0.213 e. The van der Waals surface area contributed by atoms with Gasteiger partial charge in [0.25, 0.3) is 0 Å². The van der Waals surface area contributed by atoms with E-state index in [-0.39, 0.29) is 0 Å². The van der Waals surface area contributed by atoms with Crippen LogP contribution in [0.25, 0.3) is 22.4 Å². The summed E-state index contributed by atoms with van der Waals surface area (Å²) in [6.45, 7) is 11.7. The van der Waals surface area contributed by atoms with Crippen LogP contribution in [-0.2, 0) is 13.5 Å². The first-order valence-electron chi connectivity index (χ1n) is 14.4. The highest BCUT2D eigenvalue weighted by Gasteiger charge is 2.41. The molecule has 0 radical (unpaired) electrons. The number of hydrogen-bond acceptors (Lipinski definition) is 0. The molecule has 0 bridgehead atoms. The van der Waals surface area contributed by atoms with E-state index >= 15 is 0 Å². The lowest BCUT2D eigenvalue weighted by Crippen LogP contribution is -2.34. The molecule has 2 saturated carbocycles. The molecule has 0 saturated heterocycles. The minimum Gasteiger partial charge on any atom is -0.201 e. The molecule has 1 nitrogen and oxygen atoms in total. The second-order valence-electron chi connectivity index (χ2n) is 13.4. The summed E-state index contributed by atoms with van der Waals surface area (Å²) in [6.07, 6.45) is 14.7. The van der Waals surface area contributed by atoms with E-state index in [1.165, 1.54) is 90.4 Å². The van der Waals surface area contributed by atoms with Gasteiger partial charge in [0.15, 0.2) is 6.20 Å². The van der Waals surface area contributed by atoms with Crippen molar-refractivity contribution in [2.24, 2.45) is 17.9 Å². The molecule has 3 aliphatic rings. The zero-order valence-corrected chi connectivity index (χ0v) is 23.4. The summed E-state index contributed by atoms with van der Waals surface area (Å²) in [5.41, 5.74) is 15.9. The molecule has 0 N–H and O–H groups in total. The number of aromatic nitrogens is 1. The number of aryl methyl sites for hydroxylation is 4. The first-order valence-corrected chi connectivity index (χ1v) is 14.4. The Balaban J connectivity index is 1.35. The van der Waals surface area contributed by atoms with Crippen molar-refractivity contribution in [1.29, 1.82) is 0 Å². The van der Waals surface area contributed by atoms with Crippen molar-refractivity contribution < 1.29 is 4.57 Å². The van der Waals surface area contributed by atoms with Crippen molar-refractivity contribution in [2.75, 3.05) is 0 Å². The van der Waals surface area contributed by atoms with Crippen LogP contribution in [0, 0.1) is 31.6 Å². The van der Waals surface area contributed by atoms with Gasteiger partial charge in [-0.1, -0.05) is 44.2 Å². The minimum absolute atomic E-state index is 0.564. The molecule has 1 heterocycles. The van der Waals surface area contributed by atoms with E-state index in [0.29, 0.717) is 16.7 Å². The third-order valence-corrected chi connectivity index (χ3v) is 10.5. The van der Waals surface area contributed by atoms with E-state index in [4.69, 9.17) is 0 Å². The fraction of sp³-hybridized carbons (Fsp3) is 0.514. The first kappa shape index (κ1) is 24.0. The number of rotatable bonds is 2. The molecule has 0 atom stereocenters. The molecule has 1 aromatic heterocycles. The maximum Gasteiger partial charge on any atom is 0.213 e. The fourth-order valence-corrected chi connectivity index (χ4v) is 7.80. The highest BCUT2D eigenvalue weighted by atomic mass is 14.9. The lowest BCUT2D eigenvalue weighted by molar-refractivity contribution is -0.660. The molecule has 0 unspecified atom stereocenters. The highest BCUT2D eigenvalue weighted by Crippen LogP contribution is 2.56. The molecular formula is C35H44N+. The van der Waals surface area contributed by atoms with Crippen LogP contribution in [0.4, 0.5) is 0 Å². The predicted octanol–water partition coefficient (Wildman–Crippen LogP) is 8.92. The Kier molecular flexibility index (Phi) is 5.71. The predicted molar refractivity (Wildman–Crippen MR) is 151 cm³/mol. The number of hydrogen-bond donors (Lipinski definition) is 0. The van der Waals surface area contributed by atoms with Gasteiger partial charge in [-0.3, -0.25) is 0 Å². The van der Waals surface area contributed by atoms with Crippen molar-refractivity contribution in [3.05, 3.63) is 76.0 Å². The summed E-state index contributed by atoms with van der Waals surface area (Å²) >= 11 is 0. The lowest BCUT2D eigenvalue weighted by atomic mass is 9.58. The smallest absolute Gasteiger partial charge is 0.201 e. The molecule has 188 valence electrons. The topological polar surface area (TPSA) is 3.88 Å². The monoisotopic (exact) mass is 478 g/mol. The van der Waals surface area contributed by atoms with Gasteiger partial charge < -0.3 is 0 Å². The van der Waals surface area contributed by atoms with Gasteiger partial charge in [0, 0.05) is 11.6 Å². The number of fused-ring (bicyclic) bond motifs is 3. The van der Waals surface area contributed by atoms with Crippen LogP contribution in [0.1, 0.15) is 105 Å². The van der Waals surface area contributed by atoms with Gasteiger partial charge >= 0.3 is 0 Å². The summed E-state index contributed by atoms with van der Waals surface area (Å²) < 4.78 is 2.33. The van der Waals surface area contributed by atoms with Gasteiger partial charge in [0.1, 0.15) is 7.05 Å². The summed E-state index contributed by atoms with van der Waals surface area (Å²) in [5, 5.41) is 0. The van der Waals surface area contributed by atoms with Crippen LogP contribution < -0.4 is 4.57 Å². The van der Waals surface area contributed by atoms with Gasteiger partial charge in [0.05, 0.1) is 5.56 Å². The Bertz CT molecular complexity index is 1320. The second kappa shape index (κ2) is 8.57. The quantitative estimate of drug-likeness (QED) is 0.253. The molecule has 1 heteroatoms. The van der Waals surface area contributed by atoms with Crippen LogP contribution in [0.5, 0.6) is 0 Å². The molecule has 2 aromatic carbocycles. The van der Waals surface area contributed by atoms with Crippen LogP contribution in [0.15, 0.2) is 42.6 Å². The summed E-state index contributed by atoms with van der Waals surface area (Å²) in [4.78, 5) is 0. The third kappa shape index (κ3) is 3.94. The highest BCUT2D eigenvalue weighted by molar-refractivity contribution is 5.87. The molecule has 0 aliphatic heterocycles. The molecule has 6 rings (SSSR count). The average molecular weight is 479 g/mol. The van der Waals surface area contributed by atoms with E-state index in [9.17, 15) is 0 Å². The van der Waals surface area contributed by atoms with Crippen LogP contribution >= 0.6 is 0 Å². The lowest BCUT2D eigenvalue weighted by Gasteiger charge is -2.47. The van der Waals surface area contributed by atoms with Crippen molar-refractivity contribution >= 4 is 0 Å². The van der Waals surface area contributed by atoms with E-state index in [1.54, 1.807) is 16.7 Å².